The van der Waals surface area contributed by atoms with E-state index in [2.05, 4.69) is 20.8 Å². The molecule has 3 heterocycles. The van der Waals surface area contributed by atoms with Gasteiger partial charge in [-0.15, -0.1) is 11.3 Å². The number of hydrogen-bond acceptors (Lipinski definition) is 5. The predicted molar refractivity (Wildman–Crippen MR) is 114 cm³/mol. The number of hydrogen-bond donors (Lipinski definition) is 0. The summed E-state index contributed by atoms with van der Waals surface area (Å²) in [5.41, 5.74) is 2.96. The summed E-state index contributed by atoms with van der Waals surface area (Å²) in [5.74, 6) is 0.867. The second-order valence-electron chi connectivity index (χ2n) is 7.21. The van der Waals surface area contributed by atoms with Gasteiger partial charge in [-0.2, -0.15) is 0 Å². The maximum absolute atomic E-state index is 13.7. The number of ether oxygens (including phenoxy) is 1. The molecule has 0 bridgehead atoms. The highest BCUT2D eigenvalue weighted by molar-refractivity contribution is 7.99. The molecule has 0 saturated heterocycles. The third-order valence-electron chi connectivity index (χ3n) is 5.36. The Labute approximate surface area is 167 Å². The van der Waals surface area contributed by atoms with Crippen molar-refractivity contribution in [1.82, 2.24) is 9.55 Å². The second kappa shape index (κ2) is 7.08. The minimum absolute atomic E-state index is 0.0445. The van der Waals surface area contributed by atoms with Crippen molar-refractivity contribution < 1.29 is 4.74 Å². The van der Waals surface area contributed by atoms with Gasteiger partial charge in [-0.1, -0.05) is 43.8 Å². The first-order valence-electron chi connectivity index (χ1n) is 9.37. The summed E-state index contributed by atoms with van der Waals surface area (Å²) in [4.78, 5) is 20.6. The molecule has 1 aliphatic rings. The van der Waals surface area contributed by atoms with Crippen LogP contribution in [-0.4, -0.2) is 20.9 Å². The highest BCUT2D eigenvalue weighted by Gasteiger charge is 2.33. The average Bonchev–Trinajstić information content (AvgIpc) is 3.01. The van der Waals surface area contributed by atoms with Gasteiger partial charge in [0, 0.05) is 11.3 Å². The molecule has 0 N–H and O–H groups in total. The van der Waals surface area contributed by atoms with Gasteiger partial charge >= 0.3 is 0 Å². The van der Waals surface area contributed by atoms with Gasteiger partial charge in [0.15, 0.2) is 5.16 Å². The Kier molecular flexibility index (Phi) is 4.91. The molecule has 0 amide bonds. The monoisotopic (exact) mass is 400 g/mol. The van der Waals surface area contributed by atoms with Gasteiger partial charge < -0.3 is 4.74 Å². The quantitative estimate of drug-likeness (QED) is 0.451. The van der Waals surface area contributed by atoms with Crippen LogP contribution in [0.5, 0.6) is 0 Å². The van der Waals surface area contributed by atoms with E-state index in [9.17, 15) is 4.79 Å². The van der Waals surface area contributed by atoms with Crippen molar-refractivity contribution in [2.45, 2.75) is 57.9 Å². The topological polar surface area (TPSA) is 44.1 Å². The van der Waals surface area contributed by atoms with Crippen molar-refractivity contribution >= 4 is 33.3 Å². The lowest BCUT2D eigenvalue weighted by Gasteiger charge is -2.32. The molecule has 4 nitrogen and oxygen atoms in total. The Morgan fingerprint density at radius 2 is 2.11 bits per heavy atom. The Hall–Kier alpha value is -1.63. The summed E-state index contributed by atoms with van der Waals surface area (Å²) < 4.78 is 7.89. The summed E-state index contributed by atoms with van der Waals surface area (Å²) in [7, 11) is 0. The molecular weight excluding hydrogens is 376 g/mol. The first-order chi connectivity index (χ1) is 13.0. The number of thioether (sulfide) groups is 1. The Morgan fingerprint density at radius 3 is 2.81 bits per heavy atom. The number of rotatable bonds is 4. The number of benzene rings is 1. The van der Waals surface area contributed by atoms with Crippen LogP contribution < -0.4 is 5.56 Å². The van der Waals surface area contributed by atoms with Crippen LogP contribution in [0.3, 0.4) is 0 Å². The molecule has 0 saturated carbocycles. The third kappa shape index (κ3) is 3.13. The van der Waals surface area contributed by atoms with Gasteiger partial charge in [-0.05, 0) is 43.2 Å². The molecule has 0 spiro atoms. The lowest BCUT2D eigenvalue weighted by atomic mass is 9.90. The number of fused-ring (bicyclic) bond motifs is 3. The Balaban J connectivity index is 2.02. The maximum atomic E-state index is 13.7. The molecule has 4 rings (SSSR count). The Bertz CT molecular complexity index is 1070. The zero-order valence-corrected chi connectivity index (χ0v) is 17.8. The van der Waals surface area contributed by atoms with Gasteiger partial charge in [0.25, 0.3) is 5.56 Å². The minimum atomic E-state index is -0.211. The predicted octanol–water partition coefficient (Wildman–Crippen LogP) is 5.11. The zero-order chi connectivity index (χ0) is 19.2. The number of para-hydroxylation sites is 1. The molecule has 0 unspecified atom stereocenters. The van der Waals surface area contributed by atoms with Gasteiger partial charge in [-0.25, -0.2) is 4.98 Å². The average molecular weight is 401 g/mol. The molecule has 0 radical (unpaired) electrons. The standard InChI is InChI=1S/C21H24N2O2S2/c1-5-21(4)11-14-16(12-25-21)27-18-17(14)19(24)23(20(22-18)26-6-2)15-10-8-7-9-13(15)3/h7-10H,5-6,11-12H2,1-4H3/t21-/m0/s1. The van der Waals surface area contributed by atoms with E-state index < -0.39 is 0 Å². The van der Waals surface area contributed by atoms with E-state index in [1.54, 1.807) is 27.7 Å². The fourth-order valence-corrected chi connectivity index (χ4v) is 5.46. The van der Waals surface area contributed by atoms with Gasteiger partial charge in [-0.3, -0.25) is 9.36 Å². The highest BCUT2D eigenvalue weighted by Crippen LogP contribution is 2.39. The summed E-state index contributed by atoms with van der Waals surface area (Å²) >= 11 is 3.22. The number of thiophene rings is 1. The molecule has 1 atom stereocenters. The third-order valence-corrected chi connectivity index (χ3v) is 7.28. The zero-order valence-electron chi connectivity index (χ0n) is 16.2. The smallest absolute Gasteiger partial charge is 0.267 e. The Morgan fingerprint density at radius 1 is 1.33 bits per heavy atom. The van der Waals surface area contributed by atoms with Crippen LogP contribution in [-0.2, 0) is 17.8 Å². The molecule has 1 aliphatic heterocycles. The fourth-order valence-electron chi connectivity index (χ4n) is 3.58. The molecule has 1 aromatic carbocycles. The summed E-state index contributed by atoms with van der Waals surface area (Å²) in [6.07, 6.45) is 1.69. The summed E-state index contributed by atoms with van der Waals surface area (Å²) in [5, 5.41) is 1.55. The molecule has 2 aromatic heterocycles. The first kappa shape index (κ1) is 18.7. The van der Waals surface area contributed by atoms with E-state index in [0.717, 1.165) is 55.7 Å². The van der Waals surface area contributed by atoms with Crippen LogP contribution >= 0.6 is 23.1 Å². The molecule has 0 fully saturated rings. The van der Waals surface area contributed by atoms with Crippen molar-refractivity contribution in [3.05, 3.63) is 50.6 Å². The van der Waals surface area contributed by atoms with Crippen LogP contribution in [0, 0.1) is 6.92 Å². The summed E-state index contributed by atoms with van der Waals surface area (Å²) in [6, 6.07) is 8.02. The van der Waals surface area contributed by atoms with Crippen molar-refractivity contribution in [3.63, 3.8) is 0 Å². The van der Waals surface area contributed by atoms with Crippen molar-refractivity contribution in [3.8, 4) is 5.69 Å². The first-order valence-corrected chi connectivity index (χ1v) is 11.2. The van der Waals surface area contributed by atoms with E-state index in [4.69, 9.17) is 9.72 Å². The van der Waals surface area contributed by atoms with Crippen LogP contribution in [0.25, 0.3) is 15.9 Å². The fraction of sp³-hybridized carbons (Fsp3) is 0.429. The largest absolute Gasteiger partial charge is 0.369 e. The normalized spacial score (nSPS) is 19.4. The number of aromatic nitrogens is 2. The van der Waals surface area contributed by atoms with E-state index in [-0.39, 0.29) is 11.2 Å². The van der Waals surface area contributed by atoms with E-state index in [1.807, 2.05) is 31.2 Å². The van der Waals surface area contributed by atoms with E-state index >= 15 is 0 Å². The molecule has 27 heavy (non-hydrogen) atoms. The lowest BCUT2D eigenvalue weighted by Crippen LogP contribution is -2.34. The van der Waals surface area contributed by atoms with Crippen LogP contribution in [0.4, 0.5) is 0 Å². The minimum Gasteiger partial charge on any atom is -0.369 e. The molecular formula is C21H24N2O2S2. The maximum Gasteiger partial charge on any atom is 0.267 e. The van der Waals surface area contributed by atoms with Crippen molar-refractivity contribution in [1.29, 1.82) is 0 Å². The van der Waals surface area contributed by atoms with Gasteiger partial charge in [0.05, 0.1) is 23.3 Å². The molecule has 6 heteroatoms. The van der Waals surface area contributed by atoms with E-state index in [1.165, 1.54) is 0 Å². The SMILES string of the molecule is CCSc1nc2sc3c(c2c(=O)n1-c1ccccc1C)C[C@](C)(CC)OC3. The van der Waals surface area contributed by atoms with Gasteiger partial charge in [0.1, 0.15) is 4.83 Å². The number of aryl methyl sites for hydroxylation is 1. The van der Waals surface area contributed by atoms with Crippen molar-refractivity contribution in [2.75, 3.05) is 5.75 Å². The van der Waals surface area contributed by atoms with Crippen molar-refractivity contribution in [2.24, 2.45) is 0 Å². The van der Waals surface area contributed by atoms with Crippen LogP contribution in [0.1, 0.15) is 43.2 Å². The highest BCUT2D eigenvalue weighted by atomic mass is 32.2. The summed E-state index contributed by atoms with van der Waals surface area (Å²) in [6.45, 7) is 8.97. The lowest BCUT2D eigenvalue weighted by molar-refractivity contribution is -0.0543. The van der Waals surface area contributed by atoms with E-state index in [0.29, 0.717) is 6.61 Å². The van der Waals surface area contributed by atoms with Gasteiger partial charge in [0.2, 0.25) is 0 Å². The number of nitrogens with zero attached hydrogens (tertiary/aromatic N) is 2. The molecule has 0 aliphatic carbocycles. The van der Waals surface area contributed by atoms with Crippen LogP contribution in [0.2, 0.25) is 0 Å². The second-order valence-corrected chi connectivity index (χ2v) is 9.52. The van der Waals surface area contributed by atoms with Crippen LogP contribution in [0.15, 0.2) is 34.2 Å². The molecule has 3 aromatic rings. The molecule has 142 valence electrons.